The maximum Gasteiger partial charge on any atom is 0.256 e. The Hall–Kier alpha value is -2.69. The number of aromatic nitrogens is 3. The van der Waals surface area contributed by atoms with E-state index in [0.717, 1.165) is 16.5 Å². The van der Waals surface area contributed by atoms with Crippen LogP contribution in [0.3, 0.4) is 0 Å². The van der Waals surface area contributed by atoms with E-state index >= 15 is 0 Å². The lowest BCUT2D eigenvalue weighted by Crippen LogP contribution is -2.12. The molecule has 3 rings (SSSR count). The number of hydrogen-bond acceptors (Lipinski definition) is 3. The van der Waals surface area contributed by atoms with Gasteiger partial charge < -0.3 is 5.32 Å². The van der Waals surface area contributed by atoms with E-state index in [9.17, 15) is 4.79 Å². The molecule has 0 saturated heterocycles. The number of nitrogens with one attached hydrogen (secondary N) is 2. The predicted molar refractivity (Wildman–Crippen MR) is 73.0 cm³/mol. The number of aryl methyl sites for hydroxylation is 1. The zero-order chi connectivity index (χ0) is 13.2. The number of carbonyl (C=O) groups excluding carboxylic acids is 1. The van der Waals surface area contributed by atoms with Gasteiger partial charge >= 0.3 is 0 Å². The van der Waals surface area contributed by atoms with E-state index in [1.165, 1.54) is 0 Å². The fourth-order valence-electron chi connectivity index (χ4n) is 1.88. The second kappa shape index (κ2) is 4.53. The summed E-state index contributed by atoms with van der Waals surface area (Å²) in [5.74, 6) is 0.374. The highest BCUT2D eigenvalue weighted by Crippen LogP contribution is 2.14. The Morgan fingerprint density at radius 3 is 3.00 bits per heavy atom. The van der Waals surface area contributed by atoms with Gasteiger partial charge in [-0.25, -0.2) is 4.98 Å². The normalized spacial score (nSPS) is 10.6. The van der Waals surface area contributed by atoms with Crippen LogP contribution in [0.5, 0.6) is 0 Å². The Balaban J connectivity index is 1.87. The number of carbonyl (C=O) groups is 1. The van der Waals surface area contributed by atoms with Crippen molar-refractivity contribution in [2.75, 3.05) is 5.32 Å². The number of aromatic amines is 1. The number of amides is 1. The highest BCUT2D eigenvalue weighted by molar-refractivity contribution is 6.05. The lowest BCUT2D eigenvalue weighted by Gasteiger charge is -2.05. The third-order valence-corrected chi connectivity index (χ3v) is 2.86. The van der Waals surface area contributed by atoms with Gasteiger partial charge in [-0.1, -0.05) is 0 Å². The van der Waals surface area contributed by atoms with Crippen molar-refractivity contribution in [2.24, 2.45) is 0 Å². The smallest absolute Gasteiger partial charge is 0.256 e. The molecule has 2 N–H and O–H groups in total. The lowest BCUT2D eigenvalue weighted by molar-refractivity contribution is 0.102. The summed E-state index contributed by atoms with van der Waals surface area (Å²) >= 11 is 0. The maximum atomic E-state index is 12.1. The molecule has 0 aliphatic heterocycles. The van der Waals surface area contributed by atoms with E-state index in [2.05, 4.69) is 20.5 Å². The first-order valence-corrected chi connectivity index (χ1v) is 5.89. The minimum absolute atomic E-state index is 0.179. The zero-order valence-corrected chi connectivity index (χ0v) is 10.3. The minimum Gasteiger partial charge on any atom is -0.307 e. The number of anilines is 1. The molecule has 0 radical (unpaired) electrons. The Kier molecular flexibility index (Phi) is 2.72. The van der Waals surface area contributed by atoms with E-state index in [0.29, 0.717) is 11.4 Å². The van der Waals surface area contributed by atoms with Gasteiger partial charge in [0, 0.05) is 17.1 Å². The van der Waals surface area contributed by atoms with Crippen LogP contribution in [0.4, 0.5) is 5.82 Å². The average molecular weight is 252 g/mol. The van der Waals surface area contributed by atoms with Crippen molar-refractivity contribution in [3.05, 3.63) is 53.9 Å². The lowest BCUT2D eigenvalue weighted by atomic mass is 10.1. The molecule has 0 unspecified atom stereocenters. The van der Waals surface area contributed by atoms with Crippen molar-refractivity contribution in [3.8, 4) is 0 Å². The third-order valence-electron chi connectivity index (χ3n) is 2.86. The summed E-state index contributed by atoms with van der Waals surface area (Å²) in [5.41, 5.74) is 2.54. The molecular formula is C14H12N4O. The monoisotopic (exact) mass is 252 g/mol. The maximum absolute atomic E-state index is 12.1. The molecule has 19 heavy (non-hydrogen) atoms. The molecule has 3 aromatic rings. The van der Waals surface area contributed by atoms with E-state index in [1.54, 1.807) is 24.5 Å². The summed E-state index contributed by atoms with van der Waals surface area (Å²) in [4.78, 5) is 16.2. The second-order valence-corrected chi connectivity index (χ2v) is 4.34. The van der Waals surface area contributed by atoms with Crippen LogP contribution in [0, 0.1) is 6.92 Å². The van der Waals surface area contributed by atoms with Crippen molar-refractivity contribution in [2.45, 2.75) is 6.92 Å². The number of hydrogen-bond donors (Lipinski definition) is 2. The van der Waals surface area contributed by atoms with Crippen molar-refractivity contribution in [1.29, 1.82) is 0 Å². The molecule has 2 aromatic heterocycles. The van der Waals surface area contributed by atoms with Crippen molar-refractivity contribution < 1.29 is 4.79 Å². The van der Waals surface area contributed by atoms with E-state index in [4.69, 9.17) is 0 Å². The van der Waals surface area contributed by atoms with E-state index < -0.39 is 0 Å². The molecule has 0 atom stereocenters. The molecule has 2 heterocycles. The van der Waals surface area contributed by atoms with Crippen LogP contribution in [-0.4, -0.2) is 21.1 Å². The van der Waals surface area contributed by atoms with Crippen molar-refractivity contribution in [1.82, 2.24) is 15.2 Å². The minimum atomic E-state index is -0.179. The Labute approximate surface area is 109 Å². The molecule has 1 amide bonds. The molecular weight excluding hydrogens is 240 g/mol. The van der Waals surface area contributed by atoms with Gasteiger partial charge in [0.2, 0.25) is 0 Å². The van der Waals surface area contributed by atoms with Gasteiger partial charge in [-0.3, -0.25) is 9.89 Å². The first-order chi connectivity index (χ1) is 9.22. The number of fused-ring (bicyclic) bond motifs is 1. The topological polar surface area (TPSA) is 70.7 Å². The fraction of sp³-hybridized carbons (Fsp3) is 0.0714. The standard InChI is InChI=1S/C14H12N4O/c1-9-4-5-15-13(6-9)17-14(19)10-2-3-12-11(7-10)8-16-18-12/h2-8H,1H3,(H,16,18)(H,15,17,19). The van der Waals surface area contributed by atoms with Gasteiger partial charge in [-0.15, -0.1) is 0 Å². The SMILES string of the molecule is Cc1ccnc(NC(=O)c2ccc3[nH]ncc3c2)c1. The molecule has 0 aliphatic rings. The van der Waals surface area contributed by atoms with E-state index in [1.807, 2.05) is 25.1 Å². The quantitative estimate of drug-likeness (QED) is 0.736. The molecule has 0 aliphatic carbocycles. The molecule has 0 fully saturated rings. The summed E-state index contributed by atoms with van der Waals surface area (Å²) in [5, 5.41) is 10.5. The molecule has 0 spiro atoms. The van der Waals surface area contributed by atoms with Gasteiger partial charge in [0.1, 0.15) is 5.82 Å². The number of rotatable bonds is 2. The van der Waals surface area contributed by atoms with E-state index in [-0.39, 0.29) is 5.91 Å². The third kappa shape index (κ3) is 2.30. The molecule has 5 heteroatoms. The predicted octanol–water partition coefficient (Wildman–Crippen LogP) is 2.52. The van der Waals surface area contributed by atoms with Crippen LogP contribution < -0.4 is 5.32 Å². The number of pyridine rings is 1. The number of nitrogens with zero attached hydrogens (tertiary/aromatic N) is 2. The zero-order valence-electron chi connectivity index (χ0n) is 10.3. The van der Waals surface area contributed by atoms with Crippen molar-refractivity contribution in [3.63, 3.8) is 0 Å². The largest absolute Gasteiger partial charge is 0.307 e. The molecule has 0 bridgehead atoms. The number of benzene rings is 1. The molecule has 5 nitrogen and oxygen atoms in total. The van der Waals surface area contributed by atoms with Crippen LogP contribution in [0.25, 0.3) is 10.9 Å². The molecule has 1 aromatic carbocycles. The highest BCUT2D eigenvalue weighted by atomic mass is 16.1. The first-order valence-electron chi connectivity index (χ1n) is 5.89. The van der Waals surface area contributed by atoms with Crippen LogP contribution in [0.2, 0.25) is 0 Å². The summed E-state index contributed by atoms with van der Waals surface area (Å²) in [6, 6.07) is 9.10. The highest BCUT2D eigenvalue weighted by Gasteiger charge is 2.08. The Morgan fingerprint density at radius 2 is 2.16 bits per heavy atom. The van der Waals surface area contributed by atoms with Gasteiger partial charge in [0.05, 0.1) is 11.7 Å². The van der Waals surface area contributed by atoms with Gasteiger partial charge in [-0.2, -0.15) is 5.10 Å². The van der Waals surface area contributed by atoms with Gasteiger partial charge in [-0.05, 0) is 42.8 Å². The molecule has 94 valence electrons. The van der Waals surface area contributed by atoms with Gasteiger partial charge in [0.15, 0.2) is 0 Å². The summed E-state index contributed by atoms with van der Waals surface area (Å²) in [7, 11) is 0. The van der Waals surface area contributed by atoms with Gasteiger partial charge in [0.25, 0.3) is 5.91 Å². The second-order valence-electron chi connectivity index (χ2n) is 4.34. The summed E-state index contributed by atoms with van der Waals surface area (Å²) < 4.78 is 0. The van der Waals surface area contributed by atoms with Crippen molar-refractivity contribution >= 4 is 22.6 Å². The van der Waals surface area contributed by atoms with Crippen LogP contribution >= 0.6 is 0 Å². The fourth-order valence-corrected chi connectivity index (χ4v) is 1.88. The average Bonchev–Trinajstić information content (AvgIpc) is 2.85. The van der Waals surface area contributed by atoms with Crippen LogP contribution in [-0.2, 0) is 0 Å². The summed E-state index contributed by atoms with van der Waals surface area (Å²) in [6.07, 6.45) is 3.36. The molecule has 0 saturated carbocycles. The Morgan fingerprint density at radius 1 is 1.26 bits per heavy atom. The van der Waals surface area contributed by atoms with Crippen LogP contribution in [0.15, 0.2) is 42.7 Å². The first kappa shape index (κ1) is 11.4. The summed E-state index contributed by atoms with van der Waals surface area (Å²) in [6.45, 7) is 1.95. The Bertz CT molecular complexity index is 748. The van der Waals surface area contributed by atoms with Crippen LogP contribution in [0.1, 0.15) is 15.9 Å². The number of H-pyrrole nitrogens is 1.